The quantitative estimate of drug-likeness (QED) is 0.439. The standard InChI is InChI=1S/C17H15.2ClH.Zr/c1-12-10-16-13(2)8-9-15(17(16)11-12)14-6-4-3-5-7-14;;;/h3-11H,1-2H3;2*1H;/q-1;;;+2/p-2. The minimum atomic E-state index is -0.826. The molecule has 0 nitrogen and oxygen atoms in total. The molecule has 3 aromatic carbocycles. The number of benzene rings is 2. The Labute approximate surface area is 138 Å². The SMILES string of the molecule is Cc1cc2c(-c3ccccc3)ccc(C)c2[cH-]1.[Cl][Zr][Cl]. The Morgan fingerprint density at radius 3 is 2.25 bits per heavy atom. The molecule has 0 amide bonds. The molecule has 3 heteroatoms. The summed E-state index contributed by atoms with van der Waals surface area (Å²) < 4.78 is 0. The first-order valence-electron chi connectivity index (χ1n) is 6.35. The zero-order valence-corrected chi connectivity index (χ0v) is 15.4. The molecule has 0 radical (unpaired) electrons. The molecule has 0 aliphatic carbocycles. The summed E-state index contributed by atoms with van der Waals surface area (Å²) in [6, 6.07) is 19.6. The molecule has 0 saturated heterocycles. The van der Waals surface area contributed by atoms with Crippen LogP contribution < -0.4 is 0 Å². The summed E-state index contributed by atoms with van der Waals surface area (Å²) in [5, 5.41) is 2.75. The van der Waals surface area contributed by atoms with Crippen LogP contribution >= 0.6 is 17.0 Å². The van der Waals surface area contributed by atoms with Crippen LogP contribution in [0.2, 0.25) is 0 Å². The fraction of sp³-hybridized carbons (Fsp3) is 0.118. The van der Waals surface area contributed by atoms with E-state index in [1.807, 2.05) is 0 Å². The van der Waals surface area contributed by atoms with Crippen LogP contribution in [0.3, 0.4) is 0 Å². The summed E-state index contributed by atoms with van der Waals surface area (Å²) in [6.45, 7) is 4.34. The second kappa shape index (κ2) is 7.50. The summed E-state index contributed by atoms with van der Waals surface area (Å²) in [4.78, 5) is 0. The number of rotatable bonds is 1. The molecular formula is C17H15Cl2Zr-. The summed E-state index contributed by atoms with van der Waals surface area (Å²) in [7, 11) is 9.87. The molecule has 0 unspecified atom stereocenters. The van der Waals surface area contributed by atoms with Crippen LogP contribution in [-0.2, 0) is 20.8 Å². The van der Waals surface area contributed by atoms with Crippen LogP contribution in [0.4, 0.5) is 0 Å². The average Bonchev–Trinajstić information content (AvgIpc) is 2.84. The van der Waals surface area contributed by atoms with Gasteiger partial charge in [0.15, 0.2) is 0 Å². The Hall–Kier alpha value is -0.487. The van der Waals surface area contributed by atoms with Gasteiger partial charge in [0.1, 0.15) is 0 Å². The van der Waals surface area contributed by atoms with Crippen molar-refractivity contribution in [3.8, 4) is 11.1 Å². The zero-order chi connectivity index (χ0) is 14.5. The van der Waals surface area contributed by atoms with E-state index in [-0.39, 0.29) is 0 Å². The zero-order valence-electron chi connectivity index (χ0n) is 11.5. The van der Waals surface area contributed by atoms with E-state index in [1.54, 1.807) is 0 Å². The van der Waals surface area contributed by atoms with E-state index in [1.165, 1.54) is 33.0 Å². The predicted molar refractivity (Wildman–Crippen MR) is 86.2 cm³/mol. The Kier molecular flexibility index (Phi) is 5.96. The minimum absolute atomic E-state index is 0.826. The van der Waals surface area contributed by atoms with Crippen LogP contribution in [0.5, 0.6) is 0 Å². The van der Waals surface area contributed by atoms with Crippen LogP contribution in [0.15, 0.2) is 54.6 Å². The molecule has 3 rings (SSSR count). The third-order valence-electron chi connectivity index (χ3n) is 3.33. The van der Waals surface area contributed by atoms with Crippen molar-refractivity contribution >= 4 is 27.8 Å². The van der Waals surface area contributed by atoms with E-state index < -0.39 is 20.8 Å². The topological polar surface area (TPSA) is 0 Å². The van der Waals surface area contributed by atoms with Gasteiger partial charge in [0.05, 0.1) is 0 Å². The van der Waals surface area contributed by atoms with Gasteiger partial charge in [-0.05, 0) is 5.56 Å². The number of halogens is 2. The molecule has 0 aliphatic heterocycles. The number of hydrogen-bond donors (Lipinski definition) is 0. The van der Waals surface area contributed by atoms with Gasteiger partial charge in [-0.15, -0.1) is 34.0 Å². The summed E-state index contributed by atoms with van der Waals surface area (Å²) in [5.74, 6) is 0. The van der Waals surface area contributed by atoms with Crippen molar-refractivity contribution in [3.63, 3.8) is 0 Å². The van der Waals surface area contributed by atoms with E-state index in [4.69, 9.17) is 17.0 Å². The number of aryl methyl sites for hydroxylation is 2. The third kappa shape index (κ3) is 3.58. The van der Waals surface area contributed by atoms with Crippen LogP contribution in [0.1, 0.15) is 11.1 Å². The monoisotopic (exact) mass is 379 g/mol. The second-order valence-corrected chi connectivity index (χ2v) is 8.46. The Morgan fingerprint density at radius 2 is 1.60 bits per heavy atom. The first-order chi connectivity index (χ1) is 9.67. The second-order valence-electron chi connectivity index (χ2n) is 4.73. The van der Waals surface area contributed by atoms with Gasteiger partial charge in [-0.1, -0.05) is 55.8 Å². The van der Waals surface area contributed by atoms with Gasteiger partial charge in [-0.25, -0.2) is 0 Å². The normalized spacial score (nSPS) is 10.0. The molecule has 0 spiro atoms. The Balaban J connectivity index is 0.000000452. The maximum atomic E-state index is 4.93. The van der Waals surface area contributed by atoms with Crippen molar-refractivity contribution < 1.29 is 20.8 Å². The van der Waals surface area contributed by atoms with Crippen LogP contribution in [0, 0.1) is 13.8 Å². The fourth-order valence-corrected chi connectivity index (χ4v) is 2.46. The molecular weight excluding hydrogens is 366 g/mol. The van der Waals surface area contributed by atoms with Gasteiger partial charge in [-0.2, -0.15) is 6.07 Å². The first-order valence-corrected chi connectivity index (χ1v) is 12.7. The Bertz CT molecular complexity index is 687. The van der Waals surface area contributed by atoms with E-state index in [2.05, 4.69) is 68.4 Å². The van der Waals surface area contributed by atoms with Crippen molar-refractivity contribution in [1.29, 1.82) is 0 Å². The van der Waals surface area contributed by atoms with Gasteiger partial charge in [-0.3, -0.25) is 0 Å². The van der Waals surface area contributed by atoms with Gasteiger partial charge in [0.2, 0.25) is 0 Å². The fourth-order valence-electron chi connectivity index (χ4n) is 2.46. The van der Waals surface area contributed by atoms with Crippen molar-refractivity contribution in [3.05, 3.63) is 65.7 Å². The molecule has 0 aromatic heterocycles. The summed E-state index contributed by atoms with van der Waals surface area (Å²) >= 11 is -0.826. The van der Waals surface area contributed by atoms with Crippen LogP contribution in [-0.4, -0.2) is 0 Å². The van der Waals surface area contributed by atoms with Gasteiger partial charge in [0, 0.05) is 0 Å². The van der Waals surface area contributed by atoms with Crippen molar-refractivity contribution in [2.75, 3.05) is 0 Å². The van der Waals surface area contributed by atoms with Crippen molar-refractivity contribution in [2.24, 2.45) is 0 Å². The number of hydrogen-bond acceptors (Lipinski definition) is 0. The molecule has 0 heterocycles. The predicted octanol–water partition coefficient (Wildman–Crippen LogP) is 6.22. The summed E-state index contributed by atoms with van der Waals surface area (Å²) in [6.07, 6.45) is 0. The molecule has 102 valence electrons. The Morgan fingerprint density at radius 1 is 0.950 bits per heavy atom. The van der Waals surface area contributed by atoms with Gasteiger partial charge in [0.25, 0.3) is 0 Å². The average molecular weight is 381 g/mol. The molecule has 0 aliphatic rings. The summed E-state index contributed by atoms with van der Waals surface area (Å²) in [5.41, 5.74) is 5.32. The van der Waals surface area contributed by atoms with E-state index in [0.29, 0.717) is 0 Å². The van der Waals surface area contributed by atoms with Gasteiger partial charge >= 0.3 is 37.9 Å². The van der Waals surface area contributed by atoms with E-state index in [0.717, 1.165) is 0 Å². The van der Waals surface area contributed by atoms with Gasteiger partial charge < -0.3 is 0 Å². The van der Waals surface area contributed by atoms with E-state index in [9.17, 15) is 0 Å². The maximum absolute atomic E-state index is 4.93. The molecule has 0 N–H and O–H groups in total. The molecule has 0 bridgehead atoms. The molecule has 3 aromatic rings. The molecule has 0 saturated carbocycles. The third-order valence-corrected chi connectivity index (χ3v) is 3.33. The molecule has 0 atom stereocenters. The van der Waals surface area contributed by atoms with Crippen molar-refractivity contribution in [1.82, 2.24) is 0 Å². The number of fused-ring (bicyclic) bond motifs is 1. The molecule has 20 heavy (non-hydrogen) atoms. The first kappa shape index (κ1) is 15.9. The van der Waals surface area contributed by atoms with Crippen LogP contribution in [0.25, 0.3) is 21.9 Å². The molecule has 0 fully saturated rings. The van der Waals surface area contributed by atoms with E-state index >= 15 is 0 Å². The van der Waals surface area contributed by atoms with Crippen molar-refractivity contribution in [2.45, 2.75) is 13.8 Å².